The number of aryl methyl sites for hydroxylation is 1. The molecular weight excluding hydrogens is 316 g/mol. The highest BCUT2D eigenvalue weighted by Crippen LogP contribution is 2.33. The van der Waals surface area contributed by atoms with Crippen molar-refractivity contribution in [2.24, 2.45) is 0 Å². The quantitative estimate of drug-likeness (QED) is 0.634. The number of hydrogen-bond donors (Lipinski definition) is 0. The summed E-state index contributed by atoms with van der Waals surface area (Å²) in [6, 6.07) is 6.52. The number of hydrogen-bond acceptors (Lipinski definition) is 3. The predicted molar refractivity (Wildman–Crippen MR) is 67.9 cm³/mol. The monoisotopic (exact) mass is 324 g/mol. The number of carbonyl (C=O) groups is 1. The zero-order valence-electron chi connectivity index (χ0n) is 8.70. The second-order valence-electron chi connectivity index (χ2n) is 3.48. The van der Waals surface area contributed by atoms with Gasteiger partial charge in [-0.05, 0) is 22.9 Å². The van der Waals surface area contributed by atoms with Crippen LogP contribution in [0.25, 0.3) is 0 Å². The lowest BCUT2D eigenvalue weighted by molar-refractivity contribution is 0.1000. The molecule has 0 spiro atoms. The van der Waals surface area contributed by atoms with E-state index in [-0.39, 0.29) is 5.56 Å². The van der Waals surface area contributed by atoms with Gasteiger partial charge in [0.25, 0.3) is 3.12 Å². The third kappa shape index (κ3) is 2.64. The van der Waals surface area contributed by atoms with E-state index in [0.29, 0.717) is 0 Å². The van der Waals surface area contributed by atoms with Crippen LogP contribution in [0.3, 0.4) is 0 Å². The van der Waals surface area contributed by atoms with Crippen LogP contribution in [0.5, 0.6) is 0 Å². The fourth-order valence-electron chi connectivity index (χ4n) is 1.04. The van der Waals surface area contributed by atoms with Crippen molar-refractivity contribution in [2.45, 2.75) is 10.0 Å². The molecule has 0 radical (unpaired) electrons. The van der Waals surface area contributed by atoms with Crippen LogP contribution in [0.1, 0.15) is 15.9 Å². The molecule has 3 nitrogen and oxygen atoms in total. The number of carbonyl (C=O) groups excluding carboxylic acids is 1. The van der Waals surface area contributed by atoms with Crippen molar-refractivity contribution in [3.63, 3.8) is 0 Å². The summed E-state index contributed by atoms with van der Waals surface area (Å²) in [5, 5.41) is 0. The van der Waals surface area contributed by atoms with Crippen molar-refractivity contribution in [3.05, 3.63) is 35.4 Å². The van der Waals surface area contributed by atoms with Gasteiger partial charge >= 0.3 is 0 Å². The number of sulfone groups is 1. The van der Waals surface area contributed by atoms with E-state index >= 15 is 0 Å². The SMILES string of the molecule is Cc1ccc(C(=O)[C@](Cl)(Br)S(C)(=O)=O)cc1. The van der Waals surface area contributed by atoms with E-state index in [1.165, 1.54) is 0 Å². The highest BCUT2D eigenvalue weighted by Gasteiger charge is 2.44. The van der Waals surface area contributed by atoms with E-state index in [1.54, 1.807) is 24.3 Å². The maximum atomic E-state index is 11.9. The first-order chi connectivity index (χ1) is 7.16. The fourth-order valence-corrected chi connectivity index (χ4v) is 1.83. The normalized spacial score (nSPS) is 15.5. The molecule has 0 aliphatic heterocycles. The van der Waals surface area contributed by atoms with Crippen LogP contribution in [0.2, 0.25) is 0 Å². The molecule has 0 saturated carbocycles. The van der Waals surface area contributed by atoms with Gasteiger partial charge in [0, 0.05) is 11.8 Å². The van der Waals surface area contributed by atoms with Crippen molar-refractivity contribution in [1.82, 2.24) is 0 Å². The average molecular weight is 326 g/mol. The minimum atomic E-state index is -3.73. The fraction of sp³-hybridized carbons (Fsp3) is 0.300. The molecule has 16 heavy (non-hydrogen) atoms. The van der Waals surface area contributed by atoms with Gasteiger partial charge in [0.1, 0.15) is 0 Å². The van der Waals surface area contributed by atoms with Crippen molar-refractivity contribution in [1.29, 1.82) is 0 Å². The molecule has 0 aromatic heterocycles. The third-order valence-corrected chi connectivity index (χ3v) is 6.30. The summed E-state index contributed by atoms with van der Waals surface area (Å²) in [7, 11) is -3.73. The summed E-state index contributed by atoms with van der Waals surface area (Å²) < 4.78 is 20.6. The Morgan fingerprint density at radius 1 is 1.31 bits per heavy atom. The summed E-state index contributed by atoms with van der Waals surface area (Å²) in [5.74, 6) is -0.684. The number of ketones is 1. The van der Waals surface area contributed by atoms with Gasteiger partial charge in [0.05, 0.1) is 0 Å². The Balaban J connectivity index is 3.18. The lowest BCUT2D eigenvalue weighted by Gasteiger charge is -2.16. The molecule has 88 valence electrons. The summed E-state index contributed by atoms with van der Waals surface area (Å²) in [6.45, 7) is 1.87. The van der Waals surface area contributed by atoms with Crippen LogP contribution in [0.4, 0.5) is 0 Å². The highest BCUT2D eigenvalue weighted by atomic mass is 79.9. The van der Waals surface area contributed by atoms with Gasteiger partial charge in [-0.2, -0.15) is 0 Å². The number of halogens is 2. The van der Waals surface area contributed by atoms with Gasteiger partial charge in [0.2, 0.25) is 5.78 Å². The summed E-state index contributed by atoms with van der Waals surface area (Å²) >= 11 is 8.47. The maximum absolute atomic E-state index is 11.9. The molecule has 1 aromatic carbocycles. The lowest BCUT2D eigenvalue weighted by Crippen LogP contribution is -2.34. The average Bonchev–Trinajstić information content (AvgIpc) is 2.16. The van der Waals surface area contributed by atoms with Crippen LogP contribution < -0.4 is 0 Å². The van der Waals surface area contributed by atoms with Crippen LogP contribution in [-0.4, -0.2) is 23.6 Å². The minimum Gasteiger partial charge on any atom is -0.290 e. The van der Waals surface area contributed by atoms with Gasteiger partial charge in [-0.3, -0.25) is 4.79 Å². The minimum absolute atomic E-state index is 0.253. The summed E-state index contributed by atoms with van der Waals surface area (Å²) in [5.41, 5.74) is 1.23. The Morgan fingerprint density at radius 2 is 1.75 bits per heavy atom. The Kier molecular flexibility index (Phi) is 3.82. The van der Waals surface area contributed by atoms with Gasteiger partial charge in [-0.15, -0.1) is 0 Å². The van der Waals surface area contributed by atoms with E-state index < -0.39 is 18.7 Å². The predicted octanol–water partition coefficient (Wildman–Crippen LogP) is 2.51. The maximum Gasteiger partial charge on any atom is 0.261 e. The third-order valence-electron chi connectivity index (χ3n) is 2.04. The Hall–Kier alpha value is -0.390. The van der Waals surface area contributed by atoms with Crippen molar-refractivity contribution in [2.75, 3.05) is 6.26 Å². The molecule has 0 N–H and O–H groups in total. The van der Waals surface area contributed by atoms with Crippen molar-refractivity contribution >= 4 is 43.2 Å². The molecule has 0 aliphatic carbocycles. The van der Waals surface area contributed by atoms with Gasteiger partial charge < -0.3 is 0 Å². The molecule has 1 aromatic rings. The Morgan fingerprint density at radius 3 is 2.12 bits per heavy atom. The molecule has 1 atom stereocenters. The zero-order chi connectivity index (χ0) is 12.6. The van der Waals surface area contributed by atoms with E-state index in [0.717, 1.165) is 11.8 Å². The molecule has 0 bridgehead atoms. The number of Topliss-reactive ketones (excluding diaryl/α,β-unsaturated/α-hetero) is 1. The van der Waals surface area contributed by atoms with Gasteiger partial charge in [-0.1, -0.05) is 41.4 Å². The Bertz CT molecular complexity index is 505. The van der Waals surface area contributed by atoms with Crippen molar-refractivity contribution < 1.29 is 13.2 Å². The van der Waals surface area contributed by atoms with Crippen LogP contribution in [0, 0.1) is 6.92 Å². The number of alkyl halides is 2. The second kappa shape index (κ2) is 4.47. The molecule has 6 heteroatoms. The van der Waals surface area contributed by atoms with E-state index in [2.05, 4.69) is 15.9 Å². The number of rotatable bonds is 3. The van der Waals surface area contributed by atoms with E-state index in [4.69, 9.17) is 11.6 Å². The molecule has 0 unspecified atom stereocenters. The molecule has 1 rings (SSSR count). The second-order valence-corrected chi connectivity index (χ2v) is 8.60. The van der Waals surface area contributed by atoms with Crippen LogP contribution in [0.15, 0.2) is 24.3 Å². The summed E-state index contributed by atoms with van der Waals surface area (Å²) in [4.78, 5) is 11.9. The van der Waals surface area contributed by atoms with E-state index in [1.807, 2.05) is 6.92 Å². The van der Waals surface area contributed by atoms with Gasteiger partial charge in [-0.25, -0.2) is 8.42 Å². The standard InChI is InChI=1S/C10H10BrClO3S/c1-7-3-5-8(6-4-7)9(13)10(11,12)16(2,14)15/h3-6H,1-2H3/t10-/m1/s1. The zero-order valence-corrected chi connectivity index (χ0v) is 11.9. The Labute approximate surface area is 108 Å². The lowest BCUT2D eigenvalue weighted by atomic mass is 10.1. The van der Waals surface area contributed by atoms with Crippen LogP contribution in [-0.2, 0) is 9.84 Å². The van der Waals surface area contributed by atoms with Crippen molar-refractivity contribution in [3.8, 4) is 0 Å². The number of benzene rings is 1. The topological polar surface area (TPSA) is 51.2 Å². The van der Waals surface area contributed by atoms with E-state index in [9.17, 15) is 13.2 Å². The smallest absolute Gasteiger partial charge is 0.261 e. The first-order valence-electron chi connectivity index (χ1n) is 4.35. The summed E-state index contributed by atoms with van der Waals surface area (Å²) in [6.07, 6.45) is 0.904. The molecule has 0 amide bonds. The molecular formula is C10H10BrClO3S. The molecule has 0 heterocycles. The highest BCUT2D eigenvalue weighted by molar-refractivity contribution is 9.12. The van der Waals surface area contributed by atoms with Gasteiger partial charge in [0.15, 0.2) is 9.84 Å². The molecule has 0 fully saturated rings. The first kappa shape index (κ1) is 13.7. The van der Waals surface area contributed by atoms with Crippen LogP contribution >= 0.6 is 27.5 Å². The largest absolute Gasteiger partial charge is 0.290 e. The first-order valence-corrected chi connectivity index (χ1v) is 7.41. The molecule has 0 saturated heterocycles. The molecule has 0 aliphatic rings.